The maximum Gasteiger partial charge on any atom is 0.416 e. The molecule has 12 heteroatoms. The normalized spacial score (nSPS) is 14.1. The number of halogens is 3. The highest BCUT2D eigenvalue weighted by molar-refractivity contribution is 5.94. The summed E-state index contributed by atoms with van der Waals surface area (Å²) in [5, 5.41) is 12.2. The lowest BCUT2D eigenvalue weighted by atomic mass is 9.94. The molecule has 0 aromatic heterocycles. The van der Waals surface area contributed by atoms with E-state index in [-0.39, 0.29) is 18.8 Å². The smallest absolute Gasteiger partial charge is 0.416 e. The molecule has 0 saturated heterocycles. The molecule has 3 atom stereocenters. The van der Waals surface area contributed by atoms with Crippen LogP contribution in [-0.4, -0.2) is 48.1 Å². The van der Waals surface area contributed by atoms with Crippen molar-refractivity contribution in [1.29, 1.82) is 0 Å². The molecule has 0 saturated carbocycles. The second-order valence-electron chi connectivity index (χ2n) is 6.28. The molecule has 4 N–H and O–H groups in total. The Morgan fingerprint density at radius 1 is 1.06 bits per heavy atom. The number of amides is 2. The fourth-order valence-corrected chi connectivity index (χ4v) is 2.59. The molecular weight excluding hydrogens is 425 g/mol. The van der Waals surface area contributed by atoms with Gasteiger partial charge in [-0.05, 0) is 31.5 Å². The molecule has 0 radical (unpaired) electrons. The Labute approximate surface area is 175 Å². The second-order valence-corrected chi connectivity index (χ2v) is 6.28. The van der Waals surface area contributed by atoms with Crippen LogP contribution in [0.2, 0.25) is 0 Å². The molecule has 0 aliphatic carbocycles. The molecule has 1 aromatic carbocycles. The largest absolute Gasteiger partial charge is 0.466 e. The summed E-state index contributed by atoms with van der Waals surface area (Å²) in [5.41, 5.74) is 4.06. The first-order chi connectivity index (χ1) is 14.4. The van der Waals surface area contributed by atoms with Gasteiger partial charge in [0.2, 0.25) is 5.91 Å². The monoisotopic (exact) mass is 448 g/mol. The van der Waals surface area contributed by atoms with E-state index in [1.165, 1.54) is 13.8 Å². The van der Waals surface area contributed by atoms with Gasteiger partial charge in [-0.3, -0.25) is 19.2 Å². The van der Waals surface area contributed by atoms with Crippen LogP contribution >= 0.6 is 0 Å². The lowest BCUT2D eigenvalue weighted by Gasteiger charge is -2.24. The van der Waals surface area contributed by atoms with Gasteiger partial charge in [0.25, 0.3) is 5.91 Å². The number of carbonyl (C=O) groups excluding carboxylic acids is 4. The molecule has 0 fully saturated rings. The zero-order valence-corrected chi connectivity index (χ0v) is 16.8. The van der Waals surface area contributed by atoms with Gasteiger partial charge >= 0.3 is 18.1 Å². The minimum absolute atomic E-state index is 0.00535. The average molecular weight is 448 g/mol. The quantitative estimate of drug-likeness (QED) is 0.450. The first kappa shape index (κ1) is 25.9. The van der Waals surface area contributed by atoms with E-state index in [2.05, 4.69) is 5.32 Å². The number of primary amides is 1. The molecule has 0 aliphatic heterocycles. The van der Waals surface area contributed by atoms with Crippen LogP contribution < -0.4 is 11.1 Å². The Hall–Kier alpha value is -3.15. The SMILES string of the molecule is CCOC(=O)C[C@@H](C(=O)OCC)[C@@H](NC(=O)[C@H](O)c1ccc(C(F)(F)F)cc1)C(N)=O. The van der Waals surface area contributed by atoms with Crippen molar-refractivity contribution in [2.24, 2.45) is 11.7 Å². The van der Waals surface area contributed by atoms with E-state index in [9.17, 15) is 37.5 Å². The molecule has 0 aliphatic rings. The summed E-state index contributed by atoms with van der Waals surface area (Å²) < 4.78 is 47.5. The van der Waals surface area contributed by atoms with Gasteiger partial charge in [-0.25, -0.2) is 0 Å². The van der Waals surface area contributed by atoms with Crippen LogP contribution in [0.4, 0.5) is 13.2 Å². The topological polar surface area (TPSA) is 145 Å². The average Bonchev–Trinajstić information content (AvgIpc) is 2.69. The summed E-state index contributed by atoms with van der Waals surface area (Å²) >= 11 is 0. The molecule has 9 nitrogen and oxygen atoms in total. The summed E-state index contributed by atoms with van der Waals surface area (Å²) in [6.07, 6.45) is -7.23. The number of benzene rings is 1. The first-order valence-corrected chi connectivity index (χ1v) is 9.19. The highest BCUT2D eigenvalue weighted by Crippen LogP contribution is 2.30. The van der Waals surface area contributed by atoms with Crippen molar-refractivity contribution in [3.05, 3.63) is 35.4 Å². The molecule has 0 bridgehead atoms. The zero-order valence-electron chi connectivity index (χ0n) is 16.8. The third-order valence-corrected chi connectivity index (χ3v) is 4.09. The van der Waals surface area contributed by atoms with Crippen molar-refractivity contribution in [2.45, 2.75) is 38.6 Å². The summed E-state index contributed by atoms with van der Waals surface area (Å²) in [4.78, 5) is 48.3. The van der Waals surface area contributed by atoms with E-state index in [1.54, 1.807) is 0 Å². The van der Waals surface area contributed by atoms with E-state index in [4.69, 9.17) is 15.2 Å². The van der Waals surface area contributed by atoms with Crippen molar-refractivity contribution in [3.8, 4) is 0 Å². The van der Waals surface area contributed by atoms with Gasteiger partial charge in [-0.2, -0.15) is 13.2 Å². The van der Waals surface area contributed by atoms with Gasteiger partial charge in [-0.15, -0.1) is 0 Å². The fraction of sp³-hybridized carbons (Fsp3) is 0.474. The Morgan fingerprint density at radius 3 is 2.06 bits per heavy atom. The van der Waals surface area contributed by atoms with Crippen molar-refractivity contribution in [1.82, 2.24) is 5.32 Å². The molecule has 1 rings (SSSR count). The Balaban J connectivity index is 3.06. The molecule has 0 unspecified atom stereocenters. The number of nitrogens with two attached hydrogens (primary N) is 1. The molecule has 172 valence electrons. The lowest BCUT2D eigenvalue weighted by Crippen LogP contribution is -2.53. The van der Waals surface area contributed by atoms with Gasteiger partial charge in [-0.1, -0.05) is 12.1 Å². The number of hydrogen-bond donors (Lipinski definition) is 3. The highest BCUT2D eigenvalue weighted by Gasteiger charge is 2.38. The highest BCUT2D eigenvalue weighted by atomic mass is 19.4. The van der Waals surface area contributed by atoms with Crippen LogP contribution in [0.15, 0.2) is 24.3 Å². The van der Waals surface area contributed by atoms with Crippen LogP contribution in [0.5, 0.6) is 0 Å². The lowest BCUT2D eigenvalue weighted by molar-refractivity contribution is -0.157. The molecule has 0 spiro atoms. The minimum atomic E-state index is -4.61. The van der Waals surface area contributed by atoms with Crippen LogP contribution in [-0.2, 0) is 34.8 Å². The summed E-state index contributed by atoms with van der Waals surface area (Å²) in [6.45, 7) is 2.90. The zero-order chi connectivity index (χ0) is 23.8. The third kappa shape index (κ3) is 7.55. The van der Waals surface area contributed by atoms with Crippen LogP contribution in [0.25, 0.3) is 0 Å². The Morgan fingerprint density at radius 2 is 1.61 bits per heavy atom. The van der Waals surface area contributed by atoms with Crippen LogP contribution in [0.1, 0.15) is 37.5 Å². The fourth-order valence-electron chi connectivity index (χ4n) is 2.59. The number of aliphatic hydroxyl groups is 1. The minimum Gasteiger partial charge on any atom is -0.466 e. The number of alkyl halides is 3. The van der Waals surface area contributed by atoms with Gasteiger partial charge in [0, 0.05) is 0 Å². The Kier molecular flexibility index (Phi) is 9.43. The van der Waals surface area contributed by atoms with Crippen molar-refractivity contribution >= 4 is 23.8 Å². The summed E-state index contributed by atoms with van der Waals surface area (Å²) in [7, 11) is 0. The van der Waals surface area contributed by atoms with Gasteiger partial charge in [0.15, 0.2) is 6.10 Å². The van der Waals surface area contributed by atoms with Crippen LogP contribution in [0, 0.1) is 5.92 Å². The number of nitrogens with one attached hydrogen (secondary N) is 1. The van der Waals surface area contributed by atoms with Crippen LogP contribution in [0.3, 0.4) is 0 Å². The van der Waals surface area contributed by atoms with Crippen molar-refractivity contribution < 1.29 is 46.9 Å². The second kappa shape index (κ2) is 11.3. The van der Waals surface area contributed by atoms with Gasteiger partial charge in [0.1, 0.15) is 6.04 Å². The van der Waals surface area contributed by atoms with Crippen molar-refractivity contribution in [3.63, 3.8) is 0 Å². The maximum absolute atomic E-state index is 12.7. The van der Waals surface area contributed by atoms with E-state index in [0.717, 1.165) is 12.1 Å². The molecule has 1 aromatic rings. The van der Waals surface area contributed by atoms with Crippen molar-refractivity contribution in [2.75, 3.05) is 13.2 Å². The number of hydrogen-bond acceptors (Lipinski definition) is 7. The number of ether oxygens (including phenoxy) is 2. The summed E-state index contributed by atoms with van der Waals surface area (Å²) in [5.74, 6) is -5.83. The third-order valence-electron chi connectivity index (χ3n) is 4.09. The first-order valence-electron chi connectivity index (χ1n) is 9.19. The van der Waals surface area contributed by atoms with Gasteiger partial charge < -0.3 is 25.6 Å². The number of carbonyl (C=O) groups is 4. The van der Waals surface area contributed by atoms with Gasteiger partial charge in [0.05, 0.1) is 31.1 Å². The number of esters is 2. The molecule has 2 amide bonds. The Bertz CT molecular complexity index is 797. The molecule has 31 heavy (non-hydrogen) atoms. The van der Waals surface area contributed by atoms with E-state index in [1.807, 2.05) is 0 Å². The maximum atomic E-state index is 12.7. The standard InChI is InChI=1S/C19H23F3N2O7/c1-3-30-13(25)9-12(18(29)31-4-2)14(16(23)27)24-17(28)15(26)10-5-7-11(8-6-10)19(20,21)22/h5-8,12,14-15,26H,3-4,9H2,1-2H3,(H2,23,27)(H,24,28)/t12-,14-,15-/m1/s1. The van der Waals surface area contributed by atoms with E-state index < -0.39 is 60.0 Å². The van der Waals surface area contributed by atoms with E-state index >= 15 is 0 Å². The predicted octanol–water partition coefficient (Wildman–Crippen LogP) is 0.841. The van der Waals surface area contributed by atoms with E-state index in [0.29, 0.717) is 12.1 Å². The number of rotatable bonds is 10. The number of aliphatic hydroxyl groups excluding tert-OH is 1. The molecule has 0 heterocycles. The summed E-state index contributed by atoms with van der Waals surface area (Å²) in [6, 6.07) is 1.35. The molecular formula is C19H23F3N2O7. The predicted molar refractivity (Wildman–Crippen MR) is 98.9 cm³/mol.